The van der Waals surface area contributed by atoms with Crippen molar-refractivity contribution in [3.8, 4) is 28.3 Å². The molecule has 0 saturated heterocycles. The van der Waals surface area contributed by atoms with Gasteiger partial charge in [-0.1, -0.05) is 29.4 Å². The fourth-order valence-corrected chi connectivity index (χ4v) is 2.08. The molecule has 21 heavy (non-hydrogen) atoms. The van der Waals surface area contributed by atoms with Crippen LogP contribution in [0.25, 0.3) is 22.6 Å². The maximum Gasteiger partial charge on any atom is 0.167 e. The second kappa shape index (κ2) is 5.81. The van der Waals surface area contributed by atoms with Gasteiger partial charge in [-0.15, -0.1) is 0 Å². The Bertz CT molecular complexity index is 653. The summed E-state index contributed by atoms with van der Waals surface area (Å²) in [6.45, 7) is 0.0355. The van der Waals surface area contributed by atoms with Crippen LogP contribution in [0.2, 0.25) is 0 Å². The molecule has 1 aromatic heterocycles. The molecular formula is C17H15NO3. The van der Waals surface area contributed by atoms with Crippen LogP contribution < -0.4 is 4.74 Å². The quantitative estimate of drug-likeness (QED) is 0.795. The zero-order chi connectivity index (χ0) is 14.7. The van der Waals surface area contributed by atoms with Gasteiger partial charge in [0, 0.05) is 17.2 Å². The largest absolute Gasteiger partial charge is 0.497 e. The van der Waals surface area contributed by atoms with E-state index in [0.29, 0.717) is 5.76 Å². The van der Waals surface area contributed by atoms with Crippen molar-refractivity contribution in [3.05, 3.63) is 60.2 Å². The molecule has 1 N–H and O–H groups in total. The van der Waals surface area contributed by atoms with E-state index < -0.39 is 0 Å². The van der Waals surface area contributed by atoms with Crippen LogP contribution in [-0.4, -0.2) is 17.4 Å². The van der Waals surface area contributed by atoms with Crippen molar-refractivity contribution >= 4 is 0 Å². The summed E-state index contributed by atoms with van der Waals surface area (Å²) in [5.41, 5.74) is 3.55. The first kappa shape index (κ1) is 13.4. The Morgan fingerprint density at radius 1 is 1.00 bits per heavy atom. The van der Waals surface area contributed by atoms with Gasteiger partial charge in [-0.2, -0.15) is 0 Å². The predicted octanol–water partition coefficient (Wildman–Crippen LogP) is 3.51. The number of hydrogen-bond acceptors (Lipinski definition) is 4. The van der Waals surface area contributed by atoms with Gasteiger partial charge in [-0.3, -0.25) is 0 Å². The number of nitrogens with zero attached hydrogens (tertiary/aromatic N) is 1. The van der Waals surface area contributed by atoms with Gasteiger partial charge < -0.3 is 14.4 Å². The predicted molar refractivity (Wildman–Crippen MR) is 79.8 cm³/mol. The van der Waals surface area contributed by atoms with E-state index in [1.54, 1.807) is 7.11 Å². The summed E-state index contributed by atoms with van der Waals surface area (Å²) in [5, 5.41) is 13.1. The number of rotatable bonds is 4. The lowest BCUT2D eigenvalue weighted by molar-refractivity contribution is 0.282. The maximum atomic E-state index is 9.05. The van der Waals surface area contributed by atoms with Crippen molar-refractivity contribution in [2.75, 3.05) is 7.11 Å². The monoisotopic (exact) mass is 281 g/mol. The molecule has 3 rings (SSSR count). The van der Waals surface area contributed by atoms with Crippen LogP contribution in [0.4, 0.5) is 0 Å². The highest BCUT2D eigenvalue weighted by Crippen LogP contribution is 2.27. The average molecular weight is 281 g/mol. The van der Waals surface area contributed by atoms with E-state index in [1.807, 2.05) is 54.6 Å². The Morgan fingerprint density at radius 3 is 2.29 bits per heavy atom. The molecule has 0 saturated carbocycles. The molecule has 0 bridgehead atoms. The van der Waals surface area contributed by atoms with Crippen LogP contribution in [0.15, 0.2) is 59.1 Å². The standard InChI is InChI=1S/C17H15NO3/c1-20-15-8-6-13(7-9-15)16-10-17(21-18-16)14-4-2-12(11-19)3-5-14/h2-10,19H,11H2,1H3. The Balaban J connectivity index is 1.87. The molecular weight excluding hydrogens is 266 g/mol. The molecule has 3 aromatic rings. The van der Waals surface area contributed by atoms with Gasteiger partial charge in [0.05, 0.1) is 13.7 Å². The molecule has 2 aromatic carbocycles. The van der Waals surface area contributed by atoms with E-state index in [-0.39, 0.29) is 6.61 Å². The van der Waals surface area contributed by atoms with E-state index >= 15 is 0 Å². The van der Waals surface area contributed by atoms with Crippen molar-refractivity contribution < 1.29 is 14.4 Å². The third-order valence-corrected chi connectivity index (χ3v) is 3.32. The number of benzene rings is 2. The molecule has 0 spiro atoms. The SMILES string of the molecule is COc1ccc(-c2cc(-c3ccc(CO)cc3)on2)cc1. The van der Waals surface area contributed by atoms with Crippen molar-refractivity contribution in [3.63, 3.8) is 0 Å². The lowest BCUT2D eigenvalue weighted by Crippen LogP contribution is -1.82. The Labute approximate surface area is 122 Å². The highest BCUT2D eigenvalue weighted by atomic mass is 16.5. The van der Waals surface area contributed by atoms with Gasteiger partial charge >= 0.3 is 0 Å². The van der Waals surface area contributed by atoms with Gasteiger partial charge in [0.1, 0.15) is 11.4 Å². The molecule has 4 heteroatoms. The molecule has 0 aliphatic rings. The molecule has 0 aliphatic carbocycles. The minimum absolute atomic E-state index is 0.0355. The molecule has 0 aliphatic heterocycles. The Morgan fingerprint density at radius 2 is 1.67 bits per heavy atom. The number of aliphatic hydroxyl groups excluding tert-OH is 1. The zero-order valence-electron chi connectivity index (χ0n) is 11.6. The molecule has 0 atom stereocenters. The number of hydrogen-bond donors (Lipinski definition) is 1. The average Bonchev–Trinajstić information content (AvgIpc) is 3.05. The lowest BCUT2D eigenvalue weighted by atomic mass is 10.1. The first-order valence-corrected chi connectivity index (χ1v) is 6.61. The summed E-state index contributed by atoms with van der Waals surface area (Å²) in [4.78, 5) is 0. The van der Waals surface area contributed by atoms with Crippen LogP contribution in [0, 0.1) is 0 Å². The number of aromatic nitrogens is 1. The van der Waals surface area contributed by atoms with E-state index in [4.69, 9.17) is 14.4 Å². The van der Waals surface area contributed by atoms with Crippen molar-refractivity contribution in [2.24, 2.45) is 0 Å². The second-order valence-corrected chi connectivity index (χ2v) is 4.66. The Kier molecular flexibility index (Phi) is 3.71. The molecule has 0 unspecified atom stereocenters. The smallest absolute Gasteiger partial charge is 0.167 e. The first-order valence-electron chi connectivity index (χ1n) is 6.61. The van der Waals surface area contributed by atoms with Crippen LogP contribution in [0.3, 0.4) is 0 Å². The van der Waals surface area contributed by atoms with E-state index in [0.717, 1.165) is 28.1 Å². The molecule has 0 amide bonds. The number of ether oxygens (including phenoxy) is 1. The molecule has 1 heterocycles. The zero-order valence-corrected chi connectivity index (χ0v) is 11.6. The summed E-state index contributed by atoms with van der Waals surface area (Å²) in [7, 11) is 1.64. The fourth-order valence-electron chi connectivity index (χ4n) is 2.08. The molecule has 0 radical (unpaired) electrons. The topological polar surface area (TPSA) is 55.5 Å². The van der Waals surface area contributed by atoms with Crippen molar-refractivity contribution in [1.82, 2.24) is 5.16 Å². The highest BCUT2D eigenvalue weighted by Gasteiger charge is 2.08. The fraction of sp³-hybridized carbons (Fsp3) is 0.118. The normalized spacial score (nSPS) is 10.6. The highest BCUT2D eigenvalue weighted by molar-refractivity contribution is 5.67. The third-order valence-electron chi connectivity index (χ3n) is 3.32. The maximum absolute atomic E-state index is 9.05. The summed E-state index contributed by atoms with van der Waals surface area (Å²) in [6.07, 6.45) is 0. The van der Waals surface area contributed by atoms with Crippen molar-refractivity contribution in [1.29, 1.82) is 0 Å². The summed E-state index contributed by atoms with van der Waals surface area (Å²) in [5.74, 6) is 1.51. The van der Waals surface area contributed by atoms with Gasteiger partial charge in [0.2, 0.25) is 0 Å². The van der Waals surface area contributed by atoms with Crippen LogP contribution in [0.1, 0.15) is 5.56 Å². The van der Waals surface area contributed by atoms with E-state index in [9.17, 15) is 0 Å². The second-order valence-electron chi connectivity index (χ2n) is 4.66. The van der Waals surface area contributed by atoms with Gasteiger partial charge in [-0.25, -0.2) is 0 Å². The van der Waals surface area contributed by atoms with E-state index in [2.05, 4.69) is 5.16 Å². The molecule has 4 nitrogen and oxygen atoms in total. The molecule has 0 fully saturated rings. The van der Waals surface area contributed by atoms with E-state index in [1.165, 1.54) is 0 Å². The van der Waals surface area contributed by atoms with Gasteiger partial charge in [0.25, 0.3) is 0 Å². The summed E-state index contributed by atoms with van der Waals surface area (Å²) in [6, 6.07) is 17.1. The van der Waals surface area contributed by atoms with Gasteiger partial charge in [-0.05, 0) is 29.8 Å². The third kappa shape index (κ3) is 2.80. The van der Waals surface area contributed by atoms with Crippen LogP contribution in [-0.2, 0) is 6.61 Å². The van der Waals surface area contributed by atoms with Crippen molar-refractivity contribution in [2.45, 2.75) is 6.61 Å². The number of aliphatic hydroxyl groups is 1. The van der Waals surface area contributed by atoms with Gasteiger partial charge in [0.15, 0.2) is 5.76 Å². The van der Waals surface area contributed by atoms with Crippen LogP contribution in [0.5, 0.6) is 5.75 Å². The van der Waals surface area contributed by atoms with Crippen LogP contribution >= 0.6 is 0 Å². The minimum Gasteiger partial charge on any atom is -0.497 e. The molecule has 106 valence electrons. The summed E-state index contributed by atoms with van der Waals surface area (Å²) >= 11 is 0. The lowest BCUT2D eigenvalue weighted by Gasteiger charge is -1.99. The Hall–Kier alpha value is -2.59. The minimum atomic E-state index is 0.0355. The first-order chi connectivity index (χ1) is 10.3. The number of methoxy groups -OCH3 is 1. The summed E-state index contributed by atoms with van der Waals surface area (Å²) < 4.78 is 10.5.